The number of benzene rings is 3. The fourth-order valence-corrected chi connectivity index (χ4v) is 2.66. The van der Waals surface area contributed by atoms with Crippen LogP contribution < -0.4 is 10.1 Å². The van der Waals surface area contributed by atoms with Crippen molar-refractivity contribution in [3.63, 3.8) is 0 Å². The van der Waals surface area contributed by atoms with Gasteiger partial charge in [0.15, 0.2) is 0 Å². The fourth-order valence-electron chi connectivity index (χ4n) is 2.66. The van der Waals surface area contributed by atoms with Crippen LogP contribution in [0.15, 0.2) is 72.8 Å². The molecule has 3 aromatic carbocycles. The Kier molecular flexibility index (Phi) is 5.69. The van der Waals surface area contributed by atoms with Gasteiger partial charge in [-0.1, -0.05) is 36.4 Å². The second kappa shape index (κ2) is 8.34. The minimum absolute atomic E-state index is 0.121. The van der Waals surface area contributed by atoms with Crippen molar-refractivity contribution in [1.29, 1.82) is 0 Å². The zero-order valence-electron chi connectivity index (χ0n) is 15.2. The first-order valence-corrected chi connectivity index (χ1v) is 8.77. The van der Waals surface area contributed by atoms with Crippen molar-refractivity contribution < 1.29 is 9.53 Å². The maximum atomic E-state index is 12.4. The van der Waals surface area contributed by atoms with Gasteiger partial charge in [-0.3, -0.25) is 4.79 Å². The minimum Gasteiger partial charge on any atom is -0.493 e. The standard InChI is InChI=1S/C23H23NO2/c1-17-8-11-21(16-18(17)2)24-23(25)20-9-12-22(13-10-20)26-15-14-19-6-4-3-5-7-19/h3-13,16H,14-15H2,1-2H3,(H,24,25). The van der Waals surface area contributed by atoms with Gasteiger partial charge in [-0.2, -0.15) is 0 Å². The van der Waals surface area contributed by atoms with E-state index in [1.807, 2.05) is 55.5 Å². The molecule has 3 rings (SSSR count). The Morgan fingerprint density at radius 3 is 2.31 bits per heavy atom. The van der Waals surface area contributed by atoms with Crippen LogP contribution in [0.3, 0.4) is 0 Å². The summed E-state index contributed by atoms with van der Waals surface area (Å²) in [6, 6.07) is 23.4. The number of ether oxygens (including phenoxy) is 1. The van der Waals surface area contributed by atoms with Crippen LogP contribution in [0, 0.1) is 13.8 Å². The number of amides is 1. The number of rotatable bonds is 6. The summed E-state index contributed by atoms with van der Waals surface area (Å²) in [7, 11) is 0. The number of nitrogens with one attached hydrogen (secondary N) is 1. The SMILES string of the molecule is Cc1ccc(NC(=O)c2ccc(OCCc3ccccc3)cc2)cc1C. The molecule has 0 aliphatic rings. The number of anilines is 1. The topological polar surface area (TPSA) is 38.3 Å². The van der Waals surface area contributed by atoms with Crippen molar-refractivity contribution in [3.8, 4) is 5.75 Å². The molecule has 3 heteroatoms. The third-order valence-corrected chi connectivity index (χ3v) is 4.38. The minimum atomic E-state index is -0.121. The van der Waals surface area contributed by atoms with Gasteiger partial charge < -0.3 is 10.1 Å². The van der Waals surface area contributed by atoms with E-state index < -0.39 is 0 Å². The molecule has 1 amide bonds. The molecule has 0 aliphatic carbocycles. The van der Waals surface area contributed by atoms with Crippen LogP contribution in [-0.4, -0.2) is 12.5 Å². The smallest absolute Gasteiger partial charge is 0.255 e. The van der Waals surface area contributed by atoms with Gasteiger partial charge in [0.25, 0.3) is 5.91 Å². The normalized spacial score (nSPS) is 10.4. The van der Waals surface area contributed by atoms with Gasteiger partial charge >= 0.3 is 0 Å². The Hall–Kier alpha value is -3.07. The van der Waals surface area contributed by atoms with E-state index in [0.29, 0.717) is 12.2 Å². The summed E-state index contributed by atoms with van der Waals surface area (Å²) >= 11 is 0. The van der Waals surface area contributed by atoms with E-state index in [9.17, 15) is 4.79 Å². The fraction of sp³-hybridized carbons (Fsp3) is 0.174. The summed E-state index contributed by atoms with van der Waals surface area (Å²) in [6.45, 7) is 4.70. The zero-order valence-corrected chi connectivity index (χ0v) is 15.2. The molecule has 0 aromatic heterocycles. The van der Waals surface area contributed by atoms with Gasteiger partial charge in [0.1, 0.15) is 5.75 Å². The third kappa shape index (κ3) is 4.73. The molecule has 0 radical (unpaired) electrons. The second-order valence-corrected chi connectivity index (χ2v) is 6.36. The van der Waals surface area contributed by atoms with E-state index in [0.717, 1.165) is 23.4 Å². The Bertz CT molecular complexity index is 870. The highest BCUT2D eigenvalue weighted by Crippen LogP contribution is 2.17. The van der Waals surface area contributed by atoms with Crippen LogP contribution in [0.1, 0.15) is 27.0 Å². The summed E-state index contributed by atoms with van der Waals surface area (Å²) in [5, 5.41) is 2.93. The van der Waals surface area contributed by atoms with Crippen molar-refractivity contribution in [2.75, 3.05) is 11.9 Å². The van der Waals surface area contributed by atoms with Crippen molar-refractivity contribution in [3.05, 3.63) is 95.1 Å². The van der Waals surface area contributed by atoms with E-state index in [1.54, 1.807) is 12.1 Å². The molecule has 3 aromatic rings. The monoisotopic (exact) mass is 345 g/mol. The molecule has 0 atom stereocenters. The Morgan fingerprint density at radius 2 is 1.62 bits per heavy atom. The molecule has 26 heavy (non-hydrogen) atoms. The second-order valence-electron chi connectivity index (χ2n) is 6.36. The number of hydrogen-bond acceptors (Lipinski definition) is 2. The van der Waals surface area contributed by atoms with Crippen LogP contribution in [-0.2, 0) is 6.42 Å². The van der Waals surface area contributed by atoms with Gasteiger partial charge in [0.05, 0.1) is 6.61 Å². The number of carbonyl (C=O) groups excluding carboxylic acids is 1. The van der Waals surface area contributed by atoms with Crippen molar-refractivity contribution in [2.24, 2.45) is 0 Å². The van der Waals surface area contributed by atoms with Crippen LogP contribution in [0.25, 0.3) is 0 Å². The largest absolute Gasteiger partial charge is 0.493 e. The first-order valence-electron chi connectivity index (χ1n) is 8.77. The number of aryl methyl sites for hydroxylation is 2. The van der Waals surface area contributed by atoms with Crippen molar-refractivity contribution in [1.82, 2.24) is 0 Å². The predicted molar refractivity (Wildman–Crippen MR) is 106 cm³/mol. The van der Waals surface area contributed by atoms with Crippen LogP contribution in [0.4, 0.5) is 5.69 Å². The van der Waals surface area contributed by atoms with Gasteiger partial charge in [-0.25, -0.2) is 0 Å². The molecule has 3 nitrogen and oxygen atoms in total. The Balaban J connectivity index is 1.54. The quantitative estimate of drug-likeness (QED) is 0.669. The van der Waals surface area contributed by atoms with Gasteiger partial charge in [-0.05, 0) is 66.9 Å². The number of carbonyl (C=O) groups is 1. The molecule has 0 heterocycles. The summed E-state index contributed by atoms with van der Waals surface area (Å²) < 4.78 is 5.76. The van der Waals surface area contributed by atoms with Crippen molar-refractivity contribution >= 4 is 11.6 Å². The first-order chi connectivity index (χ1) is 12.6. The van der Waals surface area contributed by atoms with Gasteiger partial charge in [-0.15, -0.1) is 0 Å². The van der Waals surface area contributed by atoms with E-state index in [1.165, 1.54) is 11.1 Å². The molecule has 0 aliphatic heterocycles. The molecule has 0 fully saturated rings. The van der Waals surface area contributed by atoms with E-state index in [-0.39, 0.29) is 5.91 Å². The average Bonchev–Trinajstić information content (AvgIpc) is 2.66. The Morgan fingerprint density at radius 1 is 0.885 bits per heavy atom. The van der Waals surface area contributed by atoms with E-state index in [2.05, 4.69) is 24.4 Å². The van der Waals surface area contributed by atoms with Gasteiger partial charge in [0.2, 0.25) is 0 Å². The van der Waals surface area contributed by atoms with E-state index in [4.69, 9.17) is 4.74 Å². The summed E-state index contributed by atoms with van der Waals surface area (Å²) in [6.07, 6.45) is 0.857. The highest BCUT2D eigenvalue weighted by molar-refractivity contribution is 6.04. The van der Waals surface area contributed by atoms with Gasteiger partial charge in [0, 0.05) is 17.7 Å². The highest BCUT2D eigenvalue weighted by atomic mass is 16.5. The lowest BCUT2D eigenvalue weighted by Crippen LogP contribution is -2.12. The summed E-state index contributed by atoms with van der Waals surface area (Å²) in [5.74, 6) is 0.646. The molecule has 132 valence electrons. The molecule has 0 saturated heterocycles. The summed E-state index contributed by atoms with van der Waals surface area (Å²) in [4.78, 5) is 12.4. The Labute approximate surface area is 154 Å². The van der Waals surface area contributed by atoms with Crippen molar-refractivity contribution in [2.45, 2.75) is 20.3 Å². The molecular formula is C23H23NO2. The lowest BCUT2D eigenvalue weighted by molar-refractivity contribution is 0.102. The average molecular weight is 345 g/mol. The molecule has 0 unspecified atom stereocenters. The van der Waals surface area contributed by atoms with E-state index >= 15 is 0 Å². The molecular weight excluding hydrogens is 322 g/mol. The van der Waals surface area contributed by atoms with Crippen LogP contribution in [0.5, 0.6) is 5.75 Å². The maximum Gasteiger partial charge on any atom is 0.255 e. The van der Waals surface area contributed by atoms with Crippen LogP contribution >= 0.6 is 0 Å². The molecule has 0 spiro atoms. The molecule has 1 N–H and O–H groups in total. The molecule has 0 saturated carbocycles. The zero-order chi connectivity index (χ0) is 18.4. The lowest BCUT2D eigenvalue weighted by Gasteiger charge is -2.09. The summed E-state index contributed by atoms with van der Waals surface area (Å²) in [5.41, 5.74) is 5.03. The van der Waals surface area contributed by atoms with Crippen LogP contribution in [0.2, 0.25) is 0 Å². The lowest BCUT2D eigenvalue weighted by atomic mass is 10.1. The highest BCUT2D eigenvalue weighted by Gasteiger charge is 2.07. The third-order valence-electron chi connectivity index (χ3n) is 4.38. The number of hydrogen-bond donors (Lipinski definition) is 1. The maximum absolute atomic E-state index is 12.4. The molecule has 0 bridgehead atoms. The first kappa shape index (κ1) is 17.7. The predicted octanol–water partition coefficient (Wildman–Crippen LogP) is 5.18.